The van der Waals surface area contributed by atoms with Crippen LogP contribution in [0.15, 0.2) is 35.5 Å². The average Bonchev–Trinajstić information content (AvgIpc) is 2.36. The molecule has 0 aliphatic carbocycles. The Hall–Kier alpha value is -1.79. The van der Waals surface area contributed by atoms with E-state index in [0.717, 1.165) is 16.8 Å². The van der Waals surface area contributed by atoms with Crippen LogP contribution in [0.4, 0.5) is 0 Å². The van der Waals surface area contributed by atoms with Gasteiger partial charge in [0.25, 0.3) is 0 Å². The first-order chi connectivity index (χ1) is 9.38. The SMILES string of the molecule is Cc1ccc(S(=O)(=O)NCc2cc(C)ncn2)c(C)c1. The van der Waals surface area contributed by atoms with Gasteiger partial charge in [-0.15, -0.1) is 0 Å². The van der Waals surface area contributed by atoms with Crippen LogP contribution in [0.2, 0.25) is 0 Å². The van der Waals surface area contributed by atoms with E-state index in [9.17, 15) is 8.42 Å². The van der Waals surface area contributed by atoms with Crippen molar-refractivity contribution < 1.29 is 8.42 Å². The molecular formula is C14H17N3O2S. The largest absolute Gasteiger partial charge is 0.242 e. The minimum Gasteiger partial charge on any atom is -0.242 e. The summed E-state index contributed by atoms with van der Waals surface area (Å²) < 4.78 is 27.1. The number of hydrogen-bond acceptors (Lipinski definition) is 4. The van der Waals surface area contributed by atoms with Crippen LogP contribution in [0.1, 0.15) is 22.5 Å². The first kappa shape index (κ1) is 14.6. The molecule has 0 amide bonds. The number of rotatable bonds is 4. The fourth-order valence-corrected chi connectivity index (χ4v) is 3.18. The third-order valence-electron chi connectivity index (χ3n) is 2.92. The molecule has 0 saturated heterocycles. The second-order valence-electron chi connectivity index (χ2n) is 4.74. The Morgan fingerprint density at radius 1 is 1.10 bits per heavy atom. The molecule has 2 rings (SSSR count). The van der Waals surface area contributed by atoms with Gasteiger partial charge in [0, 0.05) is 5.69 Å². The molecule has 106 valence electrons. The van der Waals surface area contributed by atoms with Crippen LogP contribution in [0, 0.1) is 20.8 Å². The smallest absolute Gasteiger partial charge is 0.241 e. The van der Waals surface area contributed by atoms with Crippen molar-refractivity contribution in [2.75, 3.05) is 0 Å². The second-order valence-corrected chi connectivity index (χ2v) is 6.48. The van der Waals surface area contributed by atoms with E-state index in [2.05, 4.69) is 14.7 Å². The molecule has 20 heavy (non-hydrogen) atoms. The highest BCUT2D eigenvalue weighted by atomic mass is 32.2. The maximum atomic E-state index is 12.3. The standard InChI is InChI=1S/C14H17N3O2S/c1-10-4-5-14(11(2)6-10)20(18,19)17-8-13-7-12(3)15-9-16-13/h4-7,9,17H,8H2,1-3H3. The van der Waals surface area contributed by atoms with Crippen LogP contribution in [-0.4, -0.2) is 18.4 Å². The van der Waals surface area contributed by atoms with Crippen molar-refractivity contribution >= 4 is 10.0 Å². The summed E-state index contributed by atoms with van der Waals surface area (Å²) in [7, 11) is -3.53. The van der Waals surface area contributed by atoms with Crippen molar-refractivity contribution in [1.29, 1.82) is 0 Å². The summed E-state index contributed by atoms with van der Waals surface area (Å²) >= 11 is 0. The van der Waals surface area contributed by atoms with Gasteiger partial charge in [-0.3, -0.25) is 0 Å². The lowest BCUT2D eigenvalue weighted by Crippen LogP contribution is -2.24. The van der Waals surface area contributed by atoms with Gasteiger partial charge in [0.05, 0.1) is 17.1 Å². The lowest BCUT2D eigenvalue weighted by molar-refractivity contribution is 0.579. The van der Waals surface area contributed by atoms with Crippen molar-refractivity contribution in [1.82, 2.24) is 14.7 Å². The summed E-state index contributed by atoms with van der Waals surface area (Å²) in [4.78, 5) is 8.31. The predicted molar refractivity (Wildman–Crippen MR) is 76.7 cm³/mol. The molecule has 0 bridgehead atoms. The summed E-state index contributed by atoms with van der Waals surface area (Å²) in [6.07, 6.45) is 1.43. The molecule has 0 radical (unpaired) electrons. The lowest BCUT2D eigenvalue weighted by atomic mass is 10.2. The number of aromatic nitrogens is 2. The highest BCUT2D eigenvalue weighted by molar-refractivity contribution is 7.89. The molecular weight excluding hydrogens is 274 g/mol. The Balaban J connectivity index is 2.19. The van der Waals surface area contributed by atoms with Crippen molar-refractivity contribution in [2.45, 2.75) is 32.2 Å². The minimum atomic E-state index is -3.53. The first-order valence-electron chi connectivity index (χ1n) is 6.23. The van der Waals surface area contributed by atoms with Gasteiger partial charge in [-0.05, 0) is 38.5 Å². The molecule has 2 aromatic rings. The maximum Gasteiger partial charge on any atom is 0.241 e. The van der Waals surface area contributed by atoms with Crippen LogP contribution < -0.4 is 4.72 Å². The molecule has 0 aliphatic rings. The molecule has 0 atom stereocenters. The van der Waals surface area contributed by atoms with E-state index in [4.69, 9.17) is 0 Å². The molecule has 6 heteroatoms. The number of nitrogens with zero attached hydrogens (tertiary/aromatic N) is 2. The Labute approximate surface area is 119 Å². The van der Waals surface area contributed by atoms with E-state index in [0.29, 0.717) is 10.6 Å². The molecule has 1 aromatic heterocycles. The van der Waals surface area contributed by atoms with Crippen molar-refractivity contribution in [3.05, 3.63) is 53.1 Å². The van der Waals surface area contributed by atoms with E-state index in [1.54, 1.807) is 25.1 Å². The summed E-state index contributed by atoms with van der Waals surface area (Å²) in [5, 5.41) is 0. The van der Waals surface area contributed by atoms with E-state index >= 15 is 0 Å². The zero-order valence-electron chi connectivity index (χ0n) is 11.7. The van der Waals surface area contributed by atoms with E-state index in [-0.39, 0.29) is 6.54 Å². The Kier molecular flexibility index (Phi) is 4.15. The number of nitrogens with one attached hydrogen (secondary N) is 1. The van der Waals surface area contributed by atoms with Gasteiger partial charge in [-0.2, -0.15) is 0 Å². The van der Waals surface area contributed by atoms with Gasteiger partial charge in [-0.1, -0.05) is 17.7 Å². The summed E-state index contributed by atoms with van der Waals surface area (Å²) in [5.74, 6) is 0. The summed E-state index contributed by atoms with van der Waals surface area (Å²) in [5.41, 5.74) is 3.22. The quantitative estimate of drug-likeness (QED) is 0.933. The minimum absolute atomic E-state index is 0.152. The molecule has 1 N–H and O–H groups in total. The first-order valence-corrected chi connectivity index (χ1v) is 7.71. The predicted octanol–water partition coefficient (Wildman–Crippen LogP) is 1.88. The Bertz CT molecular complexity index is 727. The average molecular weight is 291 g/mol. The Morgan fingerprint density at radius 2 is 1.85 bits per heavy atom. The zero-order chi connectivity index (χ0) is 14.8. The molecule has 5 nitrogen and oxygen atoms in total. The van der Waals surface area contributed by atoms with Gasteiger partial charge < -0.3 is 0 Å². The van der Waals surface area contributed by atoms with Crippen LogP contribution in [0.5, 0.6) is 0 Å². The van der Waals surface area contributed by atoms with Crippen LogP contribution >= 0.6 is 0 Å². The monoisotopic (exact) mass is 291 g/mol. The normalized spacial score (nSPS) is 11.6. The van der Waals surface area contributed by atoms with E-state index in [1.807, 2.05) is 19.9 Å². The number of hydrogen-bond donors (Lipinski definition) is 1. The summed E-state index contributed by atoms with van der Waals surface area (Å²) in [6.45, 7) is 5.71. The summed E-state index contributed by atoms with van der Waals surface area (Å²) in [6, 6.07) is 7.02. The van der Waals surface area contributed by atoms with Crippen LogP contribution in [0.3, 0.4) is 0 Å². The molecule has 0 saturated carbocycles. The molecule has 0 spiro atoms. The highest BCUT2D eigenvalue weighted by Gasteiger charge is 2.16. The number of benzene rings is 1. The van der Waals surface area contributed by atoms with Crippen molar-refractivity contribution in [3.63, 3.8) is 0 Å². The second kappa shape index (κ2) is 5.68. The van der Waals surface area contributed by atoms with Gasteiger partial charge in [0.15, 0.2) is 0 Å². The van der Waals surface area contributed by atoms with Crippen molar-refractivity contribution in [2.24, 2.45) is 0 Å². The molecule has 1 aromatic carbocycles. The molecule has 1 heterocycles. The maximum absolute atomic E-state index is 12.3. The van der Waals surface area contributed by atoms with E-state index in [1.165, 1.54) is 6.33 Å². The van der Waals surface area contributed by atoms with E-state index < -0.39 is 10.0 Å². The Morgan fingerprint density at radius 3 is 2.50 bits per heavy atom. The molecule has 0 unspecified atom stereocenters. The van der Waals surface area contributed by atoms with Gasteiger partial charge in [0.1, 0.15) is 6.33 Å². The number of aryl methyl sites for hydroxylation is 3. The third-order valence-corrected chi connectivity index (χ3v) is 4.49. The fraction of sp³-hybridized carbons (Fsp3) is 0.286. The van der Waals surface area contributed by atoms with Crippen LogP contribution in [0.25, 0.3) is 0 Å². The third kappa shape index (κ3) is 3.40. The van der Waals surface area contributed by atoms with Gasteiger partial charge in [-0.25, -0.2) is 23.1 Å². The topological polar surface area (TPSA) is 72.0 Å². The van der Waals surface area contributed by atoms with Crippen molar-refractivity contribution in [3.8, 4) is 0 Å². The highest BCUT2D eigenvalue weighted by Crippen LogP contribution is 2.16. The van der Waals surface area contributed by atoms with Gasteiger partial charge in [0.2, 0.25) is 10.0 Å². The lowest BCUT2D eigenvalue weighted by Gasteiger charge is -2.09. The zero-order valence-corrected chi connectivity index (χ0v) is 12.5. The molecule has 0 fully saturated rings. The molecule has 0 aliphatic heterocycles. The fourth-order valence-electron chi connectivity index (χ4n) is 1.95. The number of sulfonamides is 1. The van der Waals surface area contributed by atoms with Crippen LogP contribution in [-0.2, 0) is 16.6 Å². The van der Waals surface area contributed by atoms with Gasteiger partial charge >= 0.3 is 0 Å².